The maximum Gasteiger partial charge on any atom is 0.407 e. The van der Waals surface area contributed by atoms with Crippen LogP contribution in [0.1, 0.15) is 68.1 Å². The lowest BCUT2D eigenvalue weighted by Crippen LogP contribution is -2.53. The largest absolute Gasteiger partial charge is 0.453 e. The lowest BCUT2D eigenvalue weighted by molar-refractivity contribution is -0.141. The third kappa shape index (κ3) is 4.28. The Bertz CT molecular complexity index is 704. The first-order chi connectivity index (χ1) is 12.8. The minimum Gasteiger partial charge on any atom is -0.453 e. The molecule has 0 heterocycles. The Morgan fingerprint density at radius 2 is 1.81 bits per heavy atom. The van der Waals surface area contributed by atoms with Gasteiger partial charge in [-0.2, -0.15) is 0 Å². The molecule has 5 heteroatoms. The van der Waals surface area contributed by atoms with E-state index in [0.717, 1.165) is 12.8 Å². The average molecular weight is 373 g/mol. The predicted octanol–water partition coefficient (Wildman–Crippen LogP) is 3.96. The maximum absolute atomic E-state index is 12.7. The summed E-state index contributed by atoms with van der Waals surface area (Å²) in [6.07, 6.45) is 3.09. The van der Waals surface area contributed by atoms with Crippen molar-refractivity contribution in [3.63, 3.8) is 0 Å². The Labute approximate surface area is 162 Å². The zero-order valence-corrected chi connectivity index (χ0v) is 17.1. The fourth-order valence-corrected chi connectivity index (χ4v) is 4.22. The lowest BCUT2D eigenvalue weighted by Gasteiger charge is -2.45. The second kappa shape index (κ2) is 7.91. The van der Waals surface area contributed by atoms with Gasteiger partial charge >= 0.3 is 6.09 Å². The molecule has 1 aromatic rings. The topological polar surface area (TPSA) is 58.6 Å². The Balaban J connectivity index is 1.50. The lowest BCUT2D eigenvalue weighted by atomic mass is 9.73. The number of carbonyl (C=O) groups excluding carboxylic acids is 2. The van der Waals surface area contributed by atoms with E-state index in [9.17, 15) is 9.59 Å². The highest BCUT2D eigenvalue weighted by Gasteiger charge is 2.41. The number of rotatable bonds is 5. The molecule has 1 aromatic carbocycles. The standard InChI is InChI=1S/C22H32N2O3/c1-13(2)15-6-14(3)7-16(8-15)17-11-20(12-17)24(4)21(25)18-9-19(10-18)23-22(26)27-5/h6-8,13,17-20H,9-12H2,1-5H3,(H,23,26). The number of nitrogens with zero attached hydrogens (tertiary/aromatic N) is 1. The molecule has 0 bridgehead atoms. The van der Waals surface area contributed by atoms with Crippen LogP contribution < -0.4 is 5.32 Å². The summed E-state index contributed by atoms with van der Waals surface area (Å²) < 4.78 is 4.60. The number of nitrogens with one attached hydrogen (secondary N) is 1. The molecule has 2 saturated carbocycles. The molecular weight excluding hydrogens is 340 g/mol. The number of ether oxygens (including phenoxy) is 1. The van der Waals surface area contributed by atoms with Gasteiger partial charge in [-0.05, 0) is 55.6 Å². The Kier molecular flexibility index (Phi) is 5.78. The molecule has 2 fully saturated rings. The molecule has 2 aliphatic carbocycles. The van der Waals surface area contributed by atoms with Crippen molar-refractivity contribution >= 4 is 12.0 Å². The zero-order valence-electron chi connectivity index (χ0n) is 17.1. The number of carbonyl (C=O) groups is 2. The van der Waals surface area contributed by atoms with Gasteiger partial charge in [0.15, 0.2) is 0 Å². The highest BCUT2D eigenvalue weighted by Crippen LogP contribution is 2.42. The van der Waals surface area contributed by atoms with E-state index in [2.05, 4.69) is 49.0 Å². The van der Waals surface area contributed by atoms with Crippen molar-refractivity contribution in [1.29, 1.82) is 0 Å². The monoisotopic (exact) mass is 372 g/mol. The van der Waals surface area contributed by atoms with Gasteiger partial charge in [0.2, 0.25) is 5.91 Å². The summed E-state index contributed by atoms with van der Waals surface area (Å²) in [5.41, 5.74) is 4.14. The molecule has 0 radical (unpaired) electrons. The second-order valence-electron chi connectivity index (χ2n) is 8.60. The SMILES string of the molecule is COC(=O)NC1CC(C(=O)N(C)C2CC(c3cc(C)cc(C(C)C)c3)C2)C1. The second-order valence-corrected chi connectivity index (χ2v) is 8.60. The minimum atomic E-state index is -0.417. The fraction of sp³-hybridized carbons (Fsp3) is 0.636. The van der Waals surface area contributed by atoms with Crippen LogP contribution >= 0.6 is 0 Å². The summed E-state index contributed by atoms with van der Waals surface area (Å²) in [7, 11) is 3.29. The van der Waals surface area contributed by atoms with Crippen molar-refractivity contribution in [1.82, 2.24) is 10.2 Å². The molecule has 0 spiro atoms. The molecule has 0 aromatic heterocycles. The number of alkyl carbamates (subject to hydrolysis) is 1. The molecule has 0 aliphatic heterocycles. The van der Waals surface area contributed by atoms with Gasteiger partial charge in [0.25, 0.3) is 0 Å². The normalized spacial score (nSPS) is 26.7. The molecule has 2 aliphatic rings. The number of hydrogen-bond acceptors (Lipinski definition) is 3. The Morgan fingerprint density at radius 1 is 1.15 bits per heavy atom. The number of benzene rings is 1. The molecular formula is C22H32N2O3. The third-order valence-corrected chi connectivity index (χ3v) is 6.26. The average Bonchev–Trinajstić information content (AvgIpc) is 2.54. The van der Waals surface area contributed by atoms with Crippen LogP contribution in [0.3, 0.4) is 0 Å². The first kappa shape index (κ1) is 19.7. The van der Waals surface area contributed by atoms with Crippen molar-refractivity contribution in [3.8, 4) is 0 Å². The first-order valence-corrected chi connectivity index (χ1v) is 10.0. The number of methoxy groups -OCH3 is 1. The van der Waals surface area contributed by atoms with E-state index < -0.39 is 6.09 Å². The van der Waals surface area contributed by atoms with E-state index >= 15 is 0 Å². The van der Waals surface area contributed by atoms with Crippen molar-refractivity contribution < 1.29 is 14.3 Å². The van der Waals surface area contributed by atoms with Gasteiger partial charge < -0.3 is 15.0 Å². The summed E-state index contributed by atoms with van der Waals surface area (Å²) in [4.78, 5) is 25.8. The molecule has 0 saturated heterocycles. The quantitative estimate of drug-likeness (QED) is 0.851. The van der Waals surface area contributed by atoms with Crippen molar-refractivity contribution in [2.75, 3.05) is 14.2 Å². The summed E-state index contributed by atoms with van der Waals surface area (Å²) in [5, 5.41) is 2.76. The van der Waals surface area contributed by atoms with Gasteiger partial charge in [-0.3, -0.25) is 4.79 Å². The smallest absolute Gasteiger partial charge is 0.407 e. The molecule has 27 heavy (non-hydrogen) atoms. The van der Waals surface area contributed by atoms with E-state index in [1.165, 1.54) is 23.8 Å². The first-order valence-electron chi connectivity index (χ1n) is 10.0. The van der Waals surface area contributed by atoms with Crippen LogP contribution in [-0.2, 0) is 9.53 Å². The van der Waals surface area contributed by atoms with Gasteiger partial charge in [0, 0.05) is 25.0 Å². The Morgan fingerprint density at radius 3 is 2.41 bits per heavy atom. The van der Waals surface area contributed by atoms with Crippen molar-refractivity contribution in [2.45, 2.75) is 70.4 Å². The number of aryl methyl sites for hydroxylation is 1. The van der Waals surface area contributed by atoms with Gasteiger partial charge in [0.05, 0.1) is 7.11 Å². The van der Waals surface area contributed by atoms with Crippen LogP contribution in [0.5, 0.6) is 0 Å². The number of hydrogen-bond donors (Lipinski definition) is 1. The van der Waals surface area contributed by atoms with E-state index in [0.29, 0.717) is 30.7 Å². The molecule has 0 atom stereocenters. The third-order valence-electron chi connectivity index (χ3n) is 6.26. The molecule has 3 rings (SSSR count). The number of amides is 2. The summed E-state index contributed by atoms with van der Waals surface area (Å²) >= 11 is 0. The molecule has 2 amide bonds. The minimum absolute atomic E-state index is 0.0303. The van der Waals surface area contributed by atoms with Crippen LogP contribution in [0.15, 0.2) is 18.2 Å². The Hall–Kier alpha value is -2.04. The van der Waals surface area contributed by atoms with Crippen LogP contribution in [-0.4, -0.2) is 43.1 Å². The van der Waals surface area contributed by atoms with Crippen LogP contribution in [0.4, 0.5) is 4.79 Å². The molecule has 148 valence electrons. The van der Waals surface area contributed by atoms with Gasteiger partial charge in [-0.1, -0.05) is 37.6 Å². The predicted molar refractivity (Wildman–Crippen MR) is 106 cm³/mol. The van der Waals surface area contributed by atoms with Crippen molar-refractivity contribution in [2.24, 2.45) is 5.92 Å². The molecule has 1 N–H and O–H groups in total. The van der Waals surface area contributed by atoms with Gasteiger partial charge in [0.1, 0.15) is 0 Å². The van der Waals surface area contributed by atoms with Crippen LogP contribution in [0.25, 0.3) is 0 Å². The summed E-state index contributed by atoms with van der Waals surface area (Å²) in [5.74, 6) is 1.34. The van der Waals surface area contributed by atoms with E-state index in [4.69, 9.17) is 0 Å². The zero-order chi connectivity index (χ0) is 19.7. The summed E-state index contributed by atoms with van der Waals surface area (Å²) in [6.45, 7) is 6.63. The van der Waals surface area contributed by atoms with Gasteiger partial charge in [-0.25, -0.2) is 4.79 Å². The van der Waals surface area contributed by atoms with E-state index in [1.807, 2.05) is 11.9 Å². The van der Waals surface area contributed by atoms with E-state index in [1.54, 1.807) is 0 Å². The summed E-state index contributed by atoms with van der Waals surface area (Å²) in [6, 6.07) is 7.31. The van der Waals surface area contributed by atoms with Crippen LogP contribution in [0, 0.1) is 12.8 Å². The molecule has 5 nitrogen and oxygen atoms in total. The molecule has 0 unspecified atom stereocenters. The van der Waals surface area contributed by atoms with Crippen molar-refractivity contribution in [3.05, 3.63) is 34.9 Å². The fourth-order valence-electron chi connectivity index (χ4n) is 4.22. The maximum atomic E-state index is 12.7. The highest BCUT2D eigenvalue weighted by molar-refractivity contribution is 5.80. The van der Waals surface area contributed by atoms with Gasteiger partial charge in [-0.15, -0.1) is 0 Å². The van der Waals surface area contributed by atoms with Crippen LogP contribution in [0.2, 0.25) is 0 Å². The van der Waals surface area contributed by atoms with E-state index in [-0.39, 0.29) is 17.9 Å². The highest BCUT2D eigenvalue weighted by atomic mass is 16.5.